The highest BCUT2D eigenvalue weighted by Crippen LogP contribution is 2.27. The maximum absolute atomic E-state index is 6.09. The predicted octanol–water partition coefficient (Wildman–Crippen LogP) is 5.65. The van der Waals surface area contributed by atoms with E-state index in [1.54, 1.807) is 0 Å². The lowest BCUT2D eigenvalue weighted by atomic mass is 9.85. The summed E-state index contributed by atoms with van der Waals surface area (Å²) in [4.78, 5) is 2.42. The molecule has 1 aliphatic rings. The Morgan fingerprint density at radius 1 is 0.962 bits per heavy atom. The topological polar surface area (TPSA) is 12.5 Å². The molecule has 0 bridgehead atoms. The Bertz CT molecular complexity index is 509. The van der Waals surface area contributed by atoms with Crippen LogP contribution >= 0.6 is 0 Å². The molecule has 1 rings (SSSR count). The molecule has 0 aromatic carbocycles. The third-order valence-electron chi connectivity index (χ3n) is 4.99. The van der Waals surface area contributed by atoms with Gasteiger partial charge in [0.25, 0.3) is 0 Å². The summed E-state index contributed by atoms with van der Waals surface area (Å²) in [5.41, 5.74) is 4.50. The highest BCUT2D eigenvalue weighted by molar-refractivity contribution is 6.11. The van der Waals surface area contributed by atoms with Gasteiger partial charge in [0.2, 0.25) is 0 Å². The van der Waals surface area contributed by atoms with Gasteiger partial charge in [0.15, 0.2) is 0 Å². The van der Waals surface area contributed by atoms with Gasteiger partial charge in [0.1, 0.15) is 7.85 Å². The van der Waals surface area contributed by atoms with E-state index in [9.17, 15) is 0 Å². The molecule has 0 spiro atoms. The van der Waals surface area contributed by atoms with Crippen LogP contribution in [0.25, 0.3) is 0 Å². The van der Waals surface area contributed by atoms with Gasteiger partial charge in [-0.15, -0.1) is 0 Å². The molecule has 2 nitrogen and oxygen atoms in total. The maximum atomic E-state index is 6.09. The second-order valence-electron chi connectivity index (χ2n) is 9.21. The number of hydrogen-bond donors (Lipinski definition) is 0. The normalized spacial score (nSPS) is 23.2. The van der Waals surface area contributed by atoms with E-state index in [-0.39, 0.29) is 17.5 Å². The summed E-state index contributed by atoms with van der Waals surface area (Å²) < 4.78 is 5.93. The lowest BCUT2D eigenvalue weighted by Gasteiger charge is -2.42. The van der Waals surface area contributed by atoms with Gasteiger partial charge in [-0.2, -0.15) is 0 Å². The summed E-state index contributed by atoms with van der Waals surface area (Å²) in [5.74, 6) is 0. The Hall–Kier alpha value is -0.795. The van der Waals surface area contributed by atoms with Crippen molar-refractivity contribution in [1.82, 2.24) is 4.90 Å². The Kier molecular flexibility index (Phi) is 9.96. The van der Waals surface area contributed by atoms with Crippen molar-refractivity contribution in [2.24, 2.45) is 5.41 Å². The minimum absolute atomic E-state index is 0.128. The van der Waals surface area contributed by atoms with Gasteiger partial charge in [0, 0.05) is 25.6 Å². The maximum Gasteiger partial charge on any atom is 0.110 e. The van der Waals surface area contributed by atoms with E-state index >= 15 is 0 Å². The van der Waals surface area contributed by atoms with Gasteiger partial charge >= 0.3 is 0 Å². The van der Waals surface area contributed by atoms with Crippen molar-refractivity contribution in [3.63, 3.8) is 0 Å². The number of rotatable bonds is 8. The average molecular weight is 357 g/mol. The van der Waals surface area contributed by atoms with Crippen molar-refractivity contribution in [3.8, 4) is 0 Å². The molecule has 1 aliphatic heterocycles. The number of ether oxygens (including phenoxy) is 1. The molecule has 3 heteroatoms. The first-order valence-corrected chi connectivity index (χ1v) is 10.2. The third kappa shape index (κ3) is 9.78. The zero-order chi connectivity index (χ0) is 19.7. The fraction of sp³-hybridized carbons (Fsp3) is 0.739. The highest BCUT2D eigenvalue weighted by Gasteiger charge is 2.32. The van der Waals surface area contributed by atoms with E-state index in [0.29, 0.717) is 0 Å². The Morgan fingerprint density at radius 2 is 1.54 bits per heavy atom. The number of nitrogens with zero attached hydrogens (tertiary/aromatic N) is 1. The zero-order valence-corrected chi connectivity index (χ0v) is 18.3. The van der Waals surface area contributed by atoms with Crippen LogP contribution in [0.2, 0.25) is 0 Å². The summed E-state index contributed by atoms with van der Waals surface area (Å²) in [7, 11) is 6.09. The quantitative estimate of drug-likeness (QED) is 0.411. The molecule has 146 valence electrons. The average Bonchev–Trinajstić information content (AvgIpc) is 2.51. The Morgan fingerprint density at radius 3 is 2.12 bits per heavy atom. The van der Waals surface area contributed by atoms with E-state index in [2.05, 4.69) is 71.6 Å². The van der Waals surface area contributed by atoms with Gasteiger partial charge in [-0.3, -0.25) is 4.90 Å². The molecule has 2 atom stereocenters. The molecule has 2 unspecified atom stereocenters. The number of morpholine rings is 1. The standard InChI is InChI=1S/C23H40BNO/c1-18(2)10-8-11-19(3)12-9-13-20(4)14-15-25-16-21(23(5,6)7)26-22(24)17-25/h10,12,14,21-22H,8-9,11,13,15-17H2,1-7H3/b19-12+,20-14+. The molecule has 0 saturated carbocycles. The summed E-state index contributed by atoms with van der Waals surface area (Å²) in [6.07, 6.45) is 11.9. The number of hydrogen-bond acceptors (Lipinski definition) is 2. The lowest BCUT2D eigenvalue weighted by Crippen LogP contribution is -2.52. The van der Waals surface area contributed by atoms with Gasteiger partial charge in [0.05, 0.1) is 6.10 Å². The highest BCUT2D eigenvalue weighted by atomic mass is 16.5. The summed E-state index contributed by atoms with van der Waals surface area (Å²) in [5, 5.41) is 0. The molecule has 1 fully saturated rings. The summed E-state index contributed by atoms with van der Waals surface area (Å²) >= 11 is 0. The van der Waals surface area contributed by atoms with Gasteiger partial charge in [-0.1, -0.05) is 55.7 Å². The molecule has 0 aromatic heterocycles. The van der Waals surface area contributed by atoms with Crippen molar-refractivity contribution >= 4 is 7.85 Å². The van der Waals surface area contributed by atoms with Crippen LogP contribution in [0.5, 0.6) is 0 Å². The van der Waals surface area contributed by atoms with E-state index < -0.39 is 0 Å². The lowest BCUT2D eigenvalue weighted by molar-refractivity contribution is -0.0942. The van der Waals surface area contributed by atoms with Crippen molar-refractivity contribution in [2.75, 3.05) is 19.6 Å². The van der Waals surface area contributed by atoms with Crippen LogP contribution in [0.1, 0.15) is 74.1 Å². The van der Waals surface area contributed by atoms with E-state index in [1.165, 1.54) is 23.1 Å². The monoisotopic (exact) mass is 357 g/mol. The first-order valence-electron chi connectivity index (χ1n) is 10.2. The molecular formula is C23H40BNO. The molecule has 1 heterocycles. The van der Waals surface area contributed by atoms with Crippen molar-refractivity contribution < 1.29 is 4.74 Å². The van der Waals surface area contributed by atoms with Crippen molar-refractivity contribution in [3.05, 3.63) is 34.9 Å². The SMILES string of the molecule is [B]C1CN(C/C=C(\C)CC/C=C(\C)CCC=C(C)C)CC(C(C)(C)C)O1. The predicted molar refractivity (Wildman–Crippen MR) is 116 cm³/mol. The largest absolute Gasteiger partial charge is 0.382 e. The molecular weight excluding hydrogens is 317 g/mol. The molecule has 0 aromatic rings. The fourth-order valence-electron chi connectivity index (χ4n) is 3.11. The molecule has 26 heavy (non-hydrogen) atoms. The van der Waals surface area contributed by atoms with E-state index in [1.807, 2.05) is 0 Å². The molecule has 0 N–H and O–H groups in total. The van der Waals surface area contributed by atoms with Crippen LogP contribution in [-0.4, -0.2) is 44.5 Å². The van der Waals surface area contributed by atoms with Crippen molar-refractivity contribution in [1.29, 1.82) is 0 Å². The number of allylic oxidation sites excluding steroid dienone is 5. The molecule has 0 aliphatic carbocycles. The minimum atomic E-state index is -0.173. The summed E-state index contributed by atoms with van der Waals surface area (Å²) in [6, 6.07) is -0.173. The van der Waals surface area contributed by atoms with Crippen LogP contribution in [0.3, 0.4) is 0 Å². The van der Waals surface area contributed by atoms with Crippen LogP contribution in [0.4, 0.5) is 0 Å². The minimum Gasteiger partial charge on any atom is -0.382 e. The smallest absolute Gasteiger partial charge is 0.110 e. The Balaban J connectivity index is 2.39. The zero-order valence-electron chi connectivity index (χ0n) is 18.3. The van der Waals surface area contributed by atoms with Crippen LogP contribution in [0, 0.1) is 5.41 Å². The van der Waals surface area contributed by atoms with E-state index in [0.717, 1.165) is 38.9 Å². The molecule has 2 radical (unpaired) electrons. The molecule has 0 amide bonds. The first-order chi connectivity index (χ1) is 12.1. The van der Waals surface area contributed by atoms with Crippen molar-refractivity contribution in [2.45, 2.75) is 86.3 Å². The van der Waals surface area contributed by atoms with Crippen LogP contribution in [-0.2, 0) is 4.74 Å². The van der Waals surface area contributed by atoms with Gasteiger partial charge in [-0.25, -0.2) is 0 Å². The molecule has 1 saturated heterocycles. The second-order valence-corrected chi connectivity index (χ2v) is 9.21. The summed E-state index contributed by atoms with van der Waals surface area (Å²) in [6.45, 7) is 18.2. The van der Waals surface area contributed by atoms with E-state index in [4.69, 9.17) is 12.6 Å². The second kappa shape index (κ2) is 11.1. The van der Waals surface area contributed by atoms with Crippen LogP contribution < -0.4 is 0 Å². The van der Waals surface area contributed by atoms with Crippen LogP contribution in [0.15, 0.2) is 34.9 Å². The third-order valence-corrected chi connectivity index (χ3v) is 4.99. The van der Waals surface area contributed by atoms with Gasteiger partial charge < -0.3 is 4.74 Å². The fourth-order valence-corrected chi connectivity index (χ4v) is 3.11. The Labute approximate surface area is 164 Å². The first kappa shape index (κ1) is 23.2. The van der Waals surface area contributed by atoms with Gasteiger partial charge in [-0.05, 0) is 58.8 Å².